The first-order valence-corrected chi connectivity index (χ1v) is 5.50. The highest BCUT2D eigenvalue weighted by Gasteiger charge is 2.20. The van der Waals surface area contributed by atoms with Crippen LogP contribution in [0, 0.1) is 0 Å². The van der Waals surface area contributed by atoms with Crippen molar-refractivity contribution in [2.24, 2.45) is 0 Å². The van der Waals surface area contributed by atoms with Crippen LogP contribution < -0.4 is 5.73 Å². The zero-order valence-electron chi connectivity index (χ0n) is 9.93. The Hall–Kier alpha value is -1.26. The summed E-state index contributed by atoms with van der Waals surface area (Å²) in [5.74, 6) is 0.0837. The first kappa shape index (κ1) is 13.8. The molecule has 1 aromatic rings. The van der Waals surface area contributed by atoms with E-state index in [1.54, 1.807) is 12.1 Å². The normalized spacial score (nSPS) is 16.4. The minimum atomic E-state index is 0. The fraction of sp³-hybridized carbons (Fsp3) is 0.417. The van der Waals surface area contributed by atoms with Gasteiger partial charge < -0.3 is 15.5 Å². The Labute approximate surface area is 108 Å². The number of amides is 1. The van der Waals surface area contributed by atoms with Crippen LogP contribution in [0.2, 0.25) is 0 Å². The Bertz CT molecular complexity index is 389. The third kappa shape index (κ3) is 3.35. The van der Waals surface area contributed by atoms with Crippen LogP contribution in [-0.2, 0) is 0 Å². The molecule has 1 heterocycles. The summed E-state index contributed by atoms with van der Waals surface area (Å²) >= 11 is 0. The molecule has 0 spiro atoms. The molecule has 17 heavy (non-hydrogen) atoms. The molecule has 94 valence electrons. The Morgan fingerprint density at radius 1 is 1.24 bits per heavy atom. The number of likely N-dealkylation sites (N-methyl/N-ethyl adjacent to an activating group) is 1. The topological polar surface area (TPSA) is 49.6 Å². The Kier molecular flexibility index (Phi) is 4.78. The van der Waals surface area contributed by atoms with Crippen LogP contribution in [-0.4, -0.2) is 48.9 Å². The van der Waals surface area contributed by atoms with E-state index < -0.39 is 0 Å². The van der Waals surface area contributed by atoms with E-state index in [1.807, 2.05) is 17.0 Å². The van der Waals surface area contributed by atoms with Gasteiger partial charge in [0.2, 0.25) is 0 Å². The average molecular weight is 256 g/mol. The van der Waals surface area contributed by atoms with Gasteiger partial charge in [0.25, 0.3) is 5.91 Å². The highest BCUT2D eigenvalue weighted by Crippen LogP contribution is 2.11. The maximum Gasteiger partial charge on any atom is 0.254 e. The van der Waals surface area contributed by atoms with Gasteiger partial charge in [0.05, 0.1) is 0 Å². The fourth-order valence-corrected chi connectivity index (χ4v) is 1.86. The predicted molar refractivity (Wildman–Crippen MR) is 71.5 cm³/mol. The standard InChI is InChI=1S/C12H17N3O.ClH/c1-14-5-7-15(8-6-14)12(16)10-3-2-4-11(13)9-10;/h2-4,9H,5-8,13H2,1H3;1H. The van der Waals surface area contributed by atoms with Crippen LogP contribution in [0.5, 0.6) is 0 Å². The van der Waals surface area contributed by atoms with Gasteiger partial charge in [-0.3, -0.25) is 4.79 Å². The summed E-state index contributed by atoms with van der Waals surface area (Å²) in [4.78, 5) is 16.2. The number of rotatable bonds is 1. The van der Waals surface area contributed by atoms with Crippen LogP contribution >= 0.6 is 12.4 Å². The van der Waals surface area contributed by atoms with Gasteiger partial charge in [-0.15, -0.1) is 12.4 Å². The molecule has 4 nitrogen and oxygen atoms in total. The van der Waals surface area contributed by atoms with Gasteiger partial charge in [0.1, 0.15) is 0 Å². The molecule has 0 aliphatic carbocycles. The second-order valence-electron chi connectivity index (χ2n) is 4.22. The van der Waals surface area contributed by atoms with Crippen LogP contribution in [0.15, 0.2) is 24.3 Å². The minimum Gasteiger partial charge on any atom is -0.399 e. The van der Waals surface area contributed by atoms with Crippen molar-refractivity contribution >= 4 is 24.0 Å². The predicted octanol–water partition coefficient (Wildman–Crippen LogP) is 1.08. The lowest BCUT2D eigenvalue weighted by molar-refractivity contribution is 0.0664. The Morgan fingerprint density at radius 2 is 1.88 bits per heavy atom. The van der Waals surface area contributed by atoms with Crippen LogP contribution in [0.25, 0.3) is 0 Å². The lowest BCUT2D eigenvalue weighted by atomic mass is 10.1. The molecule has 0 atom stereocenters. The molecule has 2 N–H and O–H groups in total. The smallest absolute Gasteiger partial charge is 0.254 e. The third-order valence-electron chi connectivity index (χ3n) is 2.92. The van der Waals surface area contributed by atoms with E-state index in [1.165, 1.54) is 0 Å². The van der Waals surface area contributed by atoms with E-state index in [4.69, 9.17) is 5.73 Å². The lowest BCUT2D eigenvalue weighted by Gasteiger charge is -2.32. The van der Waals surface area contributed by atoms with Gasteiger partial charge in [0.15, 0.2) is 0 Å². The zero-order chi connectivity index (χ0) is 11.5. The molecule has 5 heteroatoms. The van der Waals surface area contributed by atoms with E-state index in [0.29, 0.717) is 11.3 Å². The van der Waals surface area contributed by atoms with Crippen molar-refractivity contribution in [1.29, 1.82) is 0 Å². The van der Waals surface area contributed by atoms with Gasteiger partial charge >= 0.3 is 0 Å². The molecule has 0 saturated carbocycles. The number of nitrogen functional groups attached to an aromatic ring is 1. The van der Waals surface area contributed by atoms with Gasteiger partial charge in [-0.1, -0.05) is 6.07 Å². The molecule has 1 aliphatic heterocycles. The number of benzene rings is 1. The molecule has 1 saturated heterocycles. The minimum absolute atomic E-state index is 0. The monoisotopic (exact) mass is 255 g/mol. The number of carbonyl (C=O) groups is 1. The van der Waals surface area contributed by atoms with E-state index in [9.17, 15) is 4.79 Å². The quantitative estimate of drug-likeness (QED) is 0.764. The molecular weight excluding hydrogens is 238 g/mol. The lowest BCUT2D eigenvalue weighted by Crippen LogP contribution is -2.47. The summed E-state index contributed by atoms with van der Waals surface area (Å²) in [6.07, 6.45) is 0. The number of nitrogens with two attached hydrogens (primary N) is 1. The zero-order valence-corrected chi connectivity index (χ0v) is 10.7. The van der Waals surface area contributed by atoms with Crippen LogP contribution in [0.1, 0.15) is 10.4 Å². The number of carbonyl (C=O) groups excluding carboxylic acids is 1. The van der Waals surface area contributed by atoms with Gasteiger partial charge in [-0.05, 0) is 25.2 Å². The summed E-state index contributed by atoms with van der Waals surface area (Å²) in [5.41, 5.74) is 6.99. The van der Waals surface area contributed by atoms with E-state index in [0.717, 1.165) is 26.2 Å². The SMILES string of the molecule is CN1CCN(C(=O)c2cccc(N)c2)CC1.Cl. The van der Waals surface area contributed by atoms with Crippen LogP contribution in [0.3, 0.4) is 0 Å². The van der Waals surface area contributed by atoms with Gasteiger partial charge in [0, 0.05) is 37.4 Å². The van der Waals surface area contributed by atoms with E-state index in [-0.39, 0.29) is 18.3 Å². The molecule has 0 radical (unpaired) electrons. The van der Waals surface area contributed by atoms with Crippen LogP contribution in [0.4, 0.5) is 5.69 Å². The van der Waals surface area contributed by atoms with Crippen molar-refractivity contribution in [3.8, 4) is 0 Å². The number of anilines is 1. The van der Waals surface area contributed by atoms with Crippen molar-refractivity contribution < 1.29 is 4.79 Å². The largest absolute Gasteiger partial charge is 0.399 e. The summed E-state index contributed by atoms with van der Waals surface area (Å²) in [6, 6.07) is 7.16. The first-order chi connectivity index (χ1) is 7.66. The van der Waals surface area contributed by atoms with Gasteiger partial charge in [-0.2, -0.15) is 0 Å². The summed E-state index contributed by atoms with van der Waals surface area (Å²) in [7, 11) is 2.07. The van der Waals surface area contributed by atoms with Crippen molar-refractivity contribution in [2.45, 2.75) is 0 Å². The van der Waals surface area contributed by atoms with Crippen molar-refractivity contribution in [3.05, 3.63) is 29.8 Å². The molecule has 1 aliphatic rings. The Morgan fingerprint density at radius 3 is 2.47 bits per heavy atom. The molecule has 1 fully saturated rings. The van der Waals surface area contributed by atoms with E-state index in [2.05, 4.69) is 11.9 Å². The summed E-state index contributed by atoms with van der Waals surface area (Å²) in [6.45, 7) is 3.47. The van der Waals surface area contributed by atoms with Gasteiger partial charge in [-0.25, -0.2) is 0 Å². The van der Waals surface area contributed by atoms with E-state index >= 15 is 0 Å². The van der Waals surface area contributed by atoms with Crippen molar-refractivity contribution in [2.75, 3.05) is 39.0 Å². The molecule has 0 unspecified atom stereocenters. The number of hydrogen-bond acceptors (Lipinski definition) is 3. The maximum absolute atomic E-state index is 12.1. The van der Waals surface area contributed by atoms with Crippen molar-refractivity contribution in [3.63, 3.8) is 0 Å². The third-order valence-corrected chi connectivity index (χ3v) is 2.92. The highest BCUT2D eigenvalue weighted by atomic mass is 35.5. The maximum atomic E-state index is 12.1. The Balaban J connectivity index is 0.00000144. The first-order valence-electron chi connectivity index (χ1n) is 5.50. The molecular formula is C12H18ClN3O. The number of piperazine rings is 1. The summed E-state index contributed by atoms with van der Waals surface area (Å²) < 4.78 is 0. The number of halogens is 1. The second-order valence-corrected chi connectivity index (χ2v) is 4.22. The van der Waals surface area contributed by atoms with Crippen molar-refractivity contribution in [1.82, 2.24) is 9.80 Å². The molecule has 2 rings (SSSR count). The fourth-order valence-electron chi connectivity index (χ4n) is 1.86. The molecule has 1 aromatic carbocycles. The molecule has 0 bridgehead atoms. The number of hydrogen-bond donors (Lipinski definition) is 1. The molecule has 0 aromatic heterocycles. The highest BCUT2D eigenvalue weighted by molar-refractivity contribution is 5.95. The second kappa shape index (κ2) is 5.89. The molecule has 1 amide bonds. The summed E-state index contributed by atoms with van der Waals surface area (Å²) in [5, 5.41) is 0. The number of nitrogens with zero attached hydrogens (tertiary/aromatic N) is 2. The average Bonchev–Trinajstić information content (AvgIpc) is 2.29.